The van der Waals surface area contributed by atoms with Crippen molar-refractivity contribution in [1.82, 2.24) is 4.57 Å². The first-order valence-electron chi connectivity index (χ1n) is 12.2. The summed E-state index contributed by atoms with van der Waals surface area (Å²) in [5.74, 6) is 0. The molecule has 1 radical (unpaired) electrons. The van der Waals surface area contributed by atoms with Gasteiger partial charge in [-0.15, -0.1) is 11.3 Å². The largest absolute Gasteiger partial charge is 0.449 e. The SMILES string of the molecule is CC1(C)c2sc([B]O)cc2-n2c3ccc(C4=CCCC=C4)cc3c3cc(-c4ccccc4)cc1c32. The summed E-state index contributed by atoms with van der Waals surface area (Å²) in [4.78, 5) is 1.29. The molecule has 2 aromatic heterocycles. The number of thiophene rings is 1. The number of rotatable bonds is 3. The molecular formula is C31H25BNOS. The molecule has 1 aliphatic carbocycles. The number of allylic oxidation sites excluding steroid dienone is 4. The lowest BCUT2D eigenvalue weighted by Gasteiger charge is -2.32. The van der Waals surface area contributed by atoms with Gasteiger partial charge in [-0.25, -0.2) is 0 Å². The van der Waals surface area contributed by atoms with Crippen LogP contribution in [0, 0.1) is 0 Å². The molecule has 2 nitrogen and oxygen atoms in total. The Morgan fingerprint density at radius 1 is 0.886 bits per heavy atom. The first-order valence-corrected chi connectivity index (χ1v) is 13.1. The lowest BCUT2D eigenvalue weighted by atomic mass is 9.78. The molecule has 3 aromatic carbocycles. The first kappa shape index (κ1) is 21.0. The normalized spacial score (nSPS) is 15.9. The summed E-state index contributed by atoms with van der Waals surface area (Å²) in [6.45, 7) is 4.63. The standard InChI is InChI=1S/C31H25BNOS/c1-31(2)25-17-22(20-11-7-4-8-12-20)16-24-23-15-21(19-9-5-3-6-10-19)13-14-26(23)33(29(24)25)27-18-28(32-34)35-30(27)31/h4-5,7-18,34H,3,6H2,1-2H3. The smallest absolute Gasteiger partial charge is 0.338 e. The van der Waals surface area contributed by atoms with Gasteiger partial charge in [-0.05, 0) is 71.0 Å². The Bertz CT molecular complexity index is 1700. The Balaban J connectivity index is 1.62. The molecule has 0 saturated heterocycles. The third-order valence-corrected chi connectivity index (χ3v) is 9.02. The van der Waals surface area contributed by atoms with E-state index in [0.29, 0.717) is 0 Å². The molecule has 0 saturated carbocycles. The van der Waals surface area contributed by atoms with E-state index >= 15 is 0 Å². The quantitative estimate of drug-likeness (QED) is 0.279. The van der Waals surface area contributed by atoms with Crippen LogP contribution in [-0.2, 0) is 5.41 Å². The second-order valence-electron chi connectivity index (χ2n) is 10.1. The van der Waals surface area contributed by atoms with Crippen molar-refractivity contribution in [2.75, 3.05) is 0 Å². The Morgan fingerprint density at radius 2 is 1.71 bits per heavy atom. The van der Waals surface area contributed by atoms with E-state index < -0.39 is 0 Å². The second-order valence-corrected chi connectivity index (χ2v) is 11.2. The van der Waals surface area contributed by atoms with Crippen molar-refractivity contribution in [1.29, 1.82) is 0 Å². The molecule has 0 spiro atoms. The molecule has 0 unspecified atom stereocenters. The van der Waals surface area contributed by atoms with Gasteiger partial charge in [0.25, 0.3) is 0 Å². The number of aromatic nitrogens is 1. The molecule has 4 heteroatoms. The Kier molecular flexibility index (Phi) is 4.55. The van der Waals surface area contributed by atoms with Crippen molar-refractivity contribution in [2.45, 2.75) is 32.1 Å². The monoisotopic (exact) mass is 470 g/mol. The minimum Gasteiger partial charge on any atom is -0.449 e. The zero-order valence-electron chi connectivity index (χ0n) is 19.9. The third kappa shape index (κ3) is 3.00. The van der Waals surface area contributed by atoms with Gasteiger partial charge in [0.05, 0.1) is 16.7 Å². The maximum Gasteiger partial charge on any atom is 0.338 e. The summed E-state index contributed by atoms with van der Waals surface area (Å²) in [7, 11) is 1.24. The molecule has 7 rings (SSSR count). The fraction of sp³-hybridized carbons (Fsp3) is 0.161. The molecule has 0 bridgehead atoms. The van der Waals surface area contributed by atoms with Crippen LogP contribution in [0.5, 0.6) is 0 Å². The molecule has 5 aromatic rings. The Labute approximate surface area is 210 Å². The van der Waals surface area contributed by atoms with Crippen LogP contribution in [0.3, 0.4) is 0 Å². The van der Waals surface area contributed by atoms with E-state index in [1.807, 2.05) is 0 Å². The van der Waals surface area contributed by atoms with E-state index in [1.54, 1.807) is 11.3 Å². The van der Waals surface area contributed by atoms with Crippen molar-refractivity contribution in [3.8, 4) is 16.8 Å². The lowest BCUT2D eigenvalue weighted by Crippen LogP contribution is -2.24. The van der Waals surface area contributed by atoms with Crippen LogP contribution in [0.25, 0.3) is 44.2 Å². The van der Waals surface area contributed by atoms with Crippen LogP contribution in [0.15, 0.2) is 85.0 Å². The van der Waals surface area contributed by atoms with Gasteiger partial charge in [-0.2, -0.15) is 0 Å². The highest BCUT2D eigenvalue weighted by molar-refractivity contribution is 7.21. The van der Waals surface area contributed by atoms with Gasteiger partial charge in [0.15, 0.2) is 0 Å². The summed E-state index contributed by atoms with van der Waals surface area (Å²) in [5, 5.41) is 12.4. The van der Waals surface area contributed by atoms with Gasteiger partial charge in [-0.1, -0.05) is 68.5 Å². The third-order valence-electron chi connectivity index (χ3n) is 7.64. The minimum atomic E-state index is -0.174. The number of hydrogen-bond acceptors (Lipinski definition) is 2. The minimum absolute atomic E-state index is 0.174. The van der Waals surface area contributed by atoms with Crippen LogP contribution in [-0.4, -0.2) is 17.1 Å². The fourth-order valence-corrected chi connectivity index (χ4v) is 6.96. The summed E-state index contributed by atoms with van der Waals surface area (Å²) >= 11 is 1.68. The maximum absolute atomic E-state index is 9.87. The van der Waals surface area contributed by atoms with Gasteiger partial charge in [-0.3, -0.25) is 0 Å². The summed E-state index contributed by atoms with van der Waals surface area (Å²) in [6, 6.07) is 24.5. The highest BCUT2D eigenvalue weighted by Crippen LogP contribution is 2.50. The summed E-state index contributed by atoms with van der Waals surface area (Å²) in [6.07, 6.45) is 9.10. The van der Waals surface area contributed by atoms with E-state index in [-0.39, 0.29) is 5.41 Å². The van der Waals surface area contributed by atoms with E-state index in [0.717, 1.165) is 17.6 Å². The van der Waals surface area contributed by atoms with Crippen LogP contribution >= 0.6 is 11.3 Å². The van der Waals surface area contributed by atoms with Crippen molar-refractivity contribution < 1.29 is 5.02 Å². The van der Waals surface area contributed by atoms with E-state index in [9.17, 15) is 5.02 Å². The topological polar surface area (TPSA) is 25.2 Å². The highest BCUT2D eigenvalue weighted by Gasteiger charge is 2.37. The average molecular weight is 470 g/mol. The second kappa shape index (κ2) is 7.58. The maximum atomic E-state index is 9.87. The molecule has 3 heterocycles. The number of nitrogens with zero attached hydrogens (tertiary/aromatic N) is 1. The molecule has 35 heavy (non-hydrogen) atoms. The van der Waals surface area contributed by atoms with Crippen molar-refractivity contribution in [3.63, 3.8) is 0 Å². The molecule has 0 amide bonds. The zero-order chi connectivity index (χ0) is 23.7. The van der Waals surface area contributed by atoms with Crippen LogP contribution in [0.2, 0.25) is 0 Å². The predicted octanol–water partition coefficient (Wildman–Crippen LogP) is 7.12. The van der Waals surface area contributed by atoms with Gasteiger partial charge < -0.3 is 9.59 Å². The lowest BCUT2D eigenvalue weighted by molar-refractivity contribution is 0.616. The molecule has 2 aliphatic rings. The van der Waals surface area contributed by atoms with Gasteiger partial charge in [0.1, 0.15) is 0 Å². The Hall–Kier alpha value is -3.34. The molecule has 0 atom stereocenters. The molecule has 0 fully saturated rings. The van der Waals surface area contributed by atoms with Gasteiger partial charge in [0, 0.05) is 25.8 Å². The zero-order valence-corrected chi connectivity index (χ0v) is 20.7. The molecule has 169 valence electrons. The van der Waals surface area contributed by atoms with Crippen LogP contribution < -0.4 is 4.78 Å². The average Bonchev–Trinajstić information content (AvgIpc) is 3.48. The first-order chi connectivity index (χ1) is 17.1. The fourth-order valence-electron chi connectivity index (χ4n) is 5.88. The van der Waals surface area contributed by atoms with Crippen LogP contribution in [0.1, 0.15) is 42.7 Å². The summed E-state index contributed by atoms with van der Waals surface area (Å²) in [5.41, 5.74) is 9.90. The van der Waals surface area contributed by atoms with Crippen molar-refractivity contribution >= 4 is 51.0 Å². The van der Waals surface area contributed by atoms with E-state index in [2.05, 4.69) is 103 Å². The Morgan fingerprint density at radius 3 is 2.49 bits per heavy atom. The van der Waals surface area contributed by atoms with Crippen molar-refractivity contribution in [2.24, 2.45) is 0 Å². The molecule has 1 N–H and O–H groups in total. The number of fused-ring (bicyclic) bond motifs is 5. The van der Waals surface area contributed by atoms with Gasteiger partial charge >= 0.3 is 7.48 Å². The number of benzene rings is 3. The summed E-state index contributed by atoms with van der Waals surface area (Å²) < 4.78 is 3.32. The molecule has 1 aliphatic heterocycles. The van der Waals surface area contributed by atoms with Crippen molar-refractivity contribution in [3.05, 3.63) is 101 Å². The van der Waals surface area contributed by atoms with Crippen LogP contribution in [0.4, 0.5) is 0 Å². The predicted molar refractivity (Wildman–Crippen MR) is 150 cm³/mol. The van der Waals surface area contributed by atoms with Gasteiger partial charge in [0.2, 0.25) is 0 Å². The highest BCUT2D eigenvalue weighted by atomic mass is 32.1. The van der Waals surface area contributed by atoms with E-state index in [4.69, 9.17) is 0 Å². The van der Waals surface area contributed by atoms with E-state index in [1.165, 1.54) is 67.7 Å². The number of hydrogen-bond donors (Lipinski definition) is 1. The molecular weight excluding hydrogens is 445 g/mol.